The second-order valence-electron chi connectivity index (χ2n) is 6.22. The minimum atomic E-state index is 0. The lowest BCUT2D eigenvalue weighted by Gasteiger charge is -2.23. The zero-order valence-corrected chi connectivity index (χ0v) is 13.2. The molecule has 1 saturated carbocycles. The minimum absolute atomic E-state index is 0. The van der Waals surface area contributed by atoms with E-state index >= 15 is 0 Å². The molecule has 0 aromatic heterocycles. The van der Waals surface area contributed by atoms with Gasteiger partial charge < -0.3 is 20.1 Å². The van der Waals surface area contributed by atoms with Crippen molar-refractivity contribution in [2.75, 3.05) is 31.6 Å². The fourth-order valence-corrected chi connectivity index (χ4v) is 3.55. The van der Waals surface area contributed by atoms with Gasteiger partial charge in [-0.1, -0.05) is 0 Å². The maximum Gasteiger partial charge on any atom is 0.228 e. The van der Waals surface area contributed by atoms with Crippen molar-refractivity contribution in [3.05, 3.63) is 18.2 Å². The number of piperidine rings is 1. The number of amides is 1. The van der Waals surface area contributed by atoms with Crippen LogP contribution in [0.3, 0.4) is 0 Å². The molecule has 1 atom stereocenters. The van der Waals surface area contributed by atoms with Gasteiger partial charge in [-0.05, 0) is 49.9 Å². The third-order valence-corrected chi connectivity index (χ3v) is 4.92. The van der Waals surface area contributed by atoms with E-state index in [1.807, 2.05) is 18.2 Å². The fraction of sp³-hybridized carbons (Fsp3) is 0.562. The Balaban J connectivity index is 0.00000144. The van der Waals surface area contributed by atoms with Crippen LogP contribution < -0.4 is 20.1 Å². The van der Waals surface area contributed by atoms with Crippen molar-refractivity contribution in [1.82, 2.24) is 5.32 Å². The highest BCUT2D eigenvalue weighted by Crippen LogP contribution is 2.58. The summed E-state index contributed by atoms with van der Waals surface area (Å²) in [5.41, 5.74) is 1.06. The number of carbonyl (C=O) groups excluding carboxylic acids is 1. The quantitative estimate of drug-likeness (QED) is 0.875. The molecule has 1 saturated heterocycles. The Labute approximate surface area is 136 Å². The molecule has 1 aliphatic carbocycles. The molecule has 5 nitrogen and oxygen atoms in total. The summed E-state index contributed by atoms with van der Waals surface area (Å²) in [5.74, 6) is 1.79. The van der Waals surface area contributed by atoms with E-state index in [1.54, 1.807) is 0 Å². The molecule has 1 unspecified atom stereocenters. The molecule has 120 valence electrons. The fourth-order valence-electron chi connectivity index (χ4n) is 3.55. The minimum Gasteiger partial charge on any atom is -0.486 e. The molecule has 3 aliphatic rings. The molecule has 1 aromatic carbocycles. The van der Waals surface area contributed by atoms with E-state index in [-0.39, 0.29) is 29.6 Å². The van der Waals surface area contributed by atoms with Crippen molar-refractivity contribution in [3.63, 3.8) is 0 Å². The van der Waals surface area contributed by atoms with E-state index in [4.69, 9.17) is 9.47 Å². The molecule has 22 heavy (non-hydrogen) atoms. The van der Waals surface area contributed by atoms with E-state index < -0.39 is 0 Å². The van der Waals surface area contributed by atoms with E-state index in [1.165, 1.54) is 0 Å². The van der Waals surface area contributed by atoms with Crippen molar-refractivity contribution >= 4 is 24.0 Å². The van der Waals surface area contributed by atoms with Gasteiger partial charge in [0.15, 0.2) is 11.5 Å². The predicted octanol–water partition coefficient (Wildman–Crippen LogP) is 2.21. The number of carbonyl (C=O) groups is 1. The molecule has 1 amide bonds. The van der Waals surface area contributed by atoms with E-state index in [0.717, 1.165) is 43.8 Å². The number of rotatable bonds is 2. The van der Waals surface area contributed by atoms with Gasteiger partial charge in [-0.25, -0.2) is 0 Å². The second-order valence-corrected chi connectivity index (χ2v) is 6.22. The zero-order valence-electron chi connectivity index (χ0n) is 12.4. The van der Waals surface area contributed by atoms with Gasteiger partial charge in [0.2, 0.25) is 5.91 Å². The van der Waals surface area contributed by atoms with Crippen molar-refractivity contribution < 1.29 is 14.3 Å². The molecule has 0 radical (unpaired) electrons. The predicted molar refractivity (Wildman–Crippen MR) is 86.0 cm³/mol. The zero-order chi connectivity index (χ0) is 14.3. The summed E-state index contributed by atoms with van der Waals surface area (Å²) in [7, 11) is 0. The summed E-state index contributed by atoms with van der Waals surface area (Å²) in [5, 5.41) is 6.39. The van der Waals surface area contributed by atoms with Crippen LogP contribution in [0.2, 0.25) is 0 Å². The average molecular weight is 325 g/mol. The van der Waals surface area contributed by atoms with Gasteiger partial charge in [-0.3, -0.25) is 4.79 Å². The first-order chi connectivity index (χ1) is 10.3. The normalized spacial score (nSPS) is 24.3. The maximum absolute atomic E-state index is 12.4. The Morgan fingerprint density at radius 2 is 1.91 bits per heavy atom. The highest BCUT2D eigenvalue weighted by atomic mass is 35.5. The summed E-state index contributed by atoms with van der Waals surface area (Å²) >= 11 is 0. The Morgan fingerprint density at radius 1 is 1.18 bits per heavy atom. The van der Waals surface area contributed by atoms with E-state index in [0.29, 0.717) is 19.0 Å². The molecule has 0 bridgehead atoms. The van der Waals surface area contributed by atoms with Crippen LogP contribution in [0.15, 0.2) is 18.2 Å². The van der Waals surface area contributed by atoms with E-state index in [2.05, 4.69) is 10.6 Å². The third-order valence-electron chi connectivity index (χ3n) is 4.92. The van der Waals surface area contributed by atoms with Crippen LogP contribution in [0.1, 0.15) is 19.3 Å². The molecule has 6 heteroatoms. The monoisotopic (exact) mass is 324 g/mol. The van der Waals surface area contributed by atoms with E-state index in [9.17, 15) is 4.79 Å². The van der Waals surface area contributed by atoms with Crippen LogP contribution in [0.4, 0.5) is 5.69 Å². The van der Waals surface area contributed by atoms with Crippen molar-refractivity contribution in [2.45, 2.75) is 19.3 Å². The first-order valence-corrected chi connectivity index (χ1v) is 7.68. The summed E-state index contributed by atoms with van der Waals surface area (Å²) in [6.07, 6.45) is 3.27. The number of anilines is 1. The molecular weight excluding hydrogens is 304 g/mol. The lowest BCUT2D eigenvalue weighted by Crippen LogP contribution is -2.31. The largest absolute Gasteiger partial charge is 0.486 e. The number of ether oxygens (including phenoxy) is 2. The third kappa shape index (κ3) is 2.75. The number of hydrogen-bond acceptors (Lipinski definition) is 4. The Morgan fingerprint density at radius 3 is 2.68 bits per heavy atom. The Kier molecular flexibility index (Phi) is 4.19. The standard InChI is InChI=1S/C16H20N2O3.ClH/c19-15(12-10-16(12)3-5-17-6-4-16)18-11-1-2-13-14(9-11)21-8-7-20-13;/h1-2,9,12,17H,3-8,10H2,(H,18,19);1H. The smallest absolute Gasteiger partial charge is 0.228 e. The molecule has 2 fully saturated rings. The van der Waals surface area contributed by atoms with Crippen LogP contribution in [0.25, 0.3) is 0 Å². The summed E-state index contributed by atoms with van der Waals surface area (Å²) < 4.78 is 11.0. The second kappa shape index (κ2) is 5.97. The number of fused-ring (bicyclic) bond motifs is 1. The molecule has 2 aliphatic heterocycles. The number of hydrogen-bond donors (Lipinski definition) is 2. The summed E-state index contributed by atoms with van der Waals surface area (Å²) in [6, 6.07) is 5.59. The molecule has 1 spiro atoms. The SMILES string of the molecule is Cl.O=C(Nc1ccc2c(c1)OCCO2)C1CC12CCNCC2. The summed E-state index contributed by atoms with van der Waals surface area (Å²) in [6.45, 7) is 3.21. The highest BCUT2D eigenvalue weighted by molar-refractivity contribution is 5.95. The van der Waals surface area contributed by atoms with Gasteiger partial charge in [0.05, 0.1) is 0 Å². The Bertz CT molecular complexity index is 573. The van der Waals surface area contributed by atoms with Crippen molar-refractivity contribution in [1.29, 1.82) is 0 Å². The molecule has 2 heterocycles. The summed E-state index contributed by atoms with van der Waals surface area (Å²) in [4.78, 5) is 12.4. The Hall–Kier alpha value is -1.46. The van der Waals surface area contributed by atoms with Crippen molar-refractivity contribution in [2.24, 2.45) is 11.3 Å². The van der Waals surface area contributed by atoms with Crippen LogP contribution >= 0.6 is 12.4 Å². The molecular formula is C16H21ClN2O3. The lowest BCUT2D eigenvalue weighted by atomic mass is 9.92. The van der Waals surface area contributed by atoms with Gasteiger partial charge in [0.1, 0.15) is 13.2 Å². The first kappa shape index (κ1) is 15.4. The van der Waals surface area contributed by atoms with Gasteiger partial charge >= 0.3 is 0 Å². The lowest BCUT2D eigenvalue weighted by molar-refractivity contribution is -0.118. The molecule has 1 aromatic rings. The van der Waals surface area contributed by atoms with Crippen LogP contribution in [0.5, 0.6) is 11.5 Å². The first-order valence-electron chi connectivity index (χ1n) is 7.68. The van der Waals surface area contributed by atoms with Gasteiger partial charge in [-0.15, -0.1) is 12.4 Å². The van der Waals surface area contributed by atoms with Gasteiger partial charge in [-0.2, -0.15) is 0 Å². The number of nitrogens with one attached hydrogen (secondary N) is 2. The number of benzene rings is 1. The average Bonchev–Trinajstić information content (AvgIpc) is 3.21. The molecule has 2 N–H and O–H groups in total. The highest BCUT2D eigenvalue weighted by Gasteiger charge is 2.57. The maximum atomic E-state index is 12.4. The topological polar surface area (TPSA) is 59.6 Å². The van der Waals surface area contributed by atoms with Crippen LogP contribution in [-0.2, 0) is 4.79 Å². The van der Waals surface area contributed by atoms with Gasteiger partial charge in [0.25, 0.3) is 0 Å². The molecule has 4 rings (SSSR count). The van der Waals surface area contributed by atoms with Crippen LogP contribution in [-0.4, -0.2) is 32.2 Å². The van der Waals surface area contributed by atoms with Gasteiger partial charge in [0, 0.05) is 17.7 Å². The van der Waals surface area contributed by atoms with Crippen molar-refractivity contribution in [3.8, 4) is 11.5 Å². The number of halogens is 1. The van der Waals surface area contributed by atoms with Crippen LogP contribution in [0, 0.1) is 11.3 Å².